The summed E-state index contributed by atoms with van der Waals surface area (Å²) in [7, 11) is 5.73. The summed E-state index contributed by atoms with van der Waals surface area (Å²) in [5.41, 5.74) is 4.75. The van der Waals surface area contributed by atoms with E-state index < -0.39 is 17.4 Å². The summed E-state index contributed by atoms with van der Waals surface area (Å²) in [6, 6.07) is 9.91. The molecule has 0 bridgehead atoms. The van der Waals surface area contributed by atoms with Crippen molar-refractivity contribution in [3.8, 4) is 51.2 Å². The van der Waals surface area contributed by atoms with Crippen molar-refractivity contribution in [1.29, 1.82) is 0 Å². The predicted molar refractivity (Wildman–Crippen MR) is 313 cm³/mol. The van der Waals surface area contributed by atoms with Gasteiger partial charge in [0.2, 0.25) is 35.4 Å². The number of hydrogen-bond donors (Lipinski definition) is 4. The lowest BCUT2D eigenvalue weighted by Gasteiger charge is -2.35. The van der Waals surface area contributed by atoms with Crippen LogP contribution in [0.3, 0.4) is 0 Å². The van der Waals surface area contributed by atoms with E-state index in [1.807, 2.05) is 57.7 Å². The van der Waals surface area contributed by atoms with Crippen LogP contribution < -0.4 is 54.0 Å². The number of aromatic nitrogens is 6. The number of fused-ring (bicyclic) bond motifs is 1. The number of ether oxygens (including phenoxy) is 9. The average Bonchev–Trinajstić information content (AvgIpc) is 4.46. The molecule has 9 rings (SSSR count). The van der Waals surface area contributed by atoms with Crippen LogP contribution in [0.1, 0.15) is 84.3 Å². The number of rotatable bonds is 20. The van der Waals surface area contributed by atoms with E-state index in [0.29, 0.717) is 60.6 Å². The summed E-state index contributed by atoms with van der Waals surface area (Å²) >= 11 is 2.42. The molecule has 27 heteroatoms. The third-order valence-electron chi connectivity index (χ3n) is 13.4. The molecular formula is C56H72N12O13S2. The summed E-state index contributed by atoms with van der Waals surface area (Å²) in [5, 5.41) is 21.2. The van der Waals surface area contributed by atoms with Crippen LogP contribution in [0, 0.1) is 13.8 Å². The smallest absolute Gasteiger partial charge is 0.410 e. The number of morpholine rings is 1. The number of aliphatic hydroxyl groups is 1. The Morgan fingerprint density at radius 1 is 0.723 bits per heavy atom. The standard InChI is InChI=1S/C31H40N6O6S.C25H32N6O7S/c1-18-15-19-9-10-31(5,6)20(19)16-22(18)42-28-32-21(17-44-28)24(38)33-23-25(40-7)34-27(35-26(23)41-8)36-11-13-37(14-12-36)29(39)43-30(2,3)4;1-16-4-5-17(37-13-9-31-7-11-36-12-8-31)14-19(16)38-25-27-18(15-39-25)21(33)28-20-22(34-2)29-24(26-6-10-32)30-23(20)35-3/h15-17H,9-14H2,1-8H3,(H,33,38);4-5,14-15,32H,6-13H2,1-3H3,(H,28,33)(H,26,29,30). The van der Waals surface area contributed by atoms with Crippen molar-refractivity contribution in [3.05, 3.63) is 74.7 Å². The first kappa shape index (κ1) is 61.2. The lowest BCUT2D eigenvalue weighted by atomic mass is 9.86. The Kier molecular flexibility index (Phi) is 20.3. The van der Waals surface area contributed by atoms with Crippen LogP contribution in [0.15, 0.2) is 41.1 Å². The van der Waals surface area contributed by atoms with Crippen LogP contribution in [-0.2, 0) is 21.3 Å². The summed E-state index contributed by atoms with van der Waals surface area (Å²) in [6.45, 7) is 20.6. The van der Waals surface area contributed by atoms with Crippen molar-refractivity contribution in [1.82, 2.24) is 39.7 Å². The monoisotopic (exact) mass is 1180 g/mol. The maximum Gasteiger partial charge on any atom is 0.410 e. The fourth-order valence-corrected chi connectivity index (χ4v) is 10.3. The molecule has 4 aromatic heterocycles. The molecule has 0 radical (unpaired) electrons. The van der Waals surface area contributed by atoms with Crippen molar-refractivity contribution >= 4 is 63.9 Å². The van der Waals surface area contributed by atoms with Crippen LogP contribution in [-0.4, -0.2) is 176 Å². The van der Waals surface area contributed by atoms with Gasteiger partial charge in [-0.2, -0.15) is 29.9 Å². The van der Waals surface area contributed by atoms with E-state index in [4.69, 9.17) is 47.7 Å². The van der Waals surface area contributed by atoms with Gasteiger partial charge in [-0.3, -0.25) is 14.5 Å². The maximum absolute atomic E-state index is 13.3. The third-order valence-corrected chi connectivity index (χ3v) is 14.9. The van der Waals surface area contributed by atoms with Crippen LogP contribution in [0.5, 0.6) is 51.2 Å². The number of aliphatic hydroxyl groups excluding tert-OH is 1. The van der Waals surface area contributed by atoms with Crippen molar-refractivity contribution in [3.63, 3.8) is 0 Å². The van der Waals surface area contributed by atoms with Gasteiger partial charge in [-0.1, -0.05) is 48.7 Å². The van der Waals surface area contributed by atoms with E-state index >= 15 is 0 Å². The van der Waals surface area contributed by atoms with Gasteiger partial charge in [0, 0.05) is 69.2 Å². The highest BCUT2D eigenvalue weighted by Gasteiger charge is 2.32. The minimum Gasteiger partial charge on any atom is -0.492 e. The Morgan fingerprint density at radius 2 is 1.28 bits per heavy atom. The molecule has 3 amide bonds. The molecule has 446 valence electrons. The van der Waals surface area contributed by atoms with E-state index in [-0.39, 0.29) is 76.9 Å². The van der Waals surface area contributed by atoms with Crippen molar-refractivity contribution in [2.45, 2.75) is 72.3 Å². The highest BCUT2D eigenvalue weighted by atomic mass is 32.1. The quantitative estimate of drug-likeness (QED) is 0.0563. The van der Waals surface area contributed by atoms with E-state index in [1.54, 1.807) is 15.7 Å². The zero-order chi connectivity index (χ0) is 59.4. The number of piperazine rings is 1. The SMILES string of the molecule is COc1nc(N2CCN(C(=O)OC(C)(C)C)CC2)nc(OC)c1NC(=O)c1csc(Oc2cc3c(cc2C)CCC3(C)C)n1.COc1nc(NCCO)nc(OC)c1NC(=O)c1csc(Oc2cc(OCCN3CCOCC3)ccc2C)n1. The van der Waals surface area contributed by atoms with Gasteiger partial charge in [0.05, 0.1) is 48.3 Å². The summed E-state index contributed by atoms with van der Waals surface area (Å²) in [6.07, 6.45) is 1.82. The molecule has 2 saturated heterocycles. The first-order valence-corrected chi connectivity index (χ1v) is 28.7. The van der Waals surface area contributed by atoms with Gasteiger partial charge in [0.25, 0.3) is 22.2 Å². The molecule has 2 aliphatic heterocycles. The van der Waals surface area contributed by atoms with Gasteiger partial charge < -0.3 is 73.5 Å². The number of nitrogens with one attached hydrogen (secondary N) is 3. The Bertz CT molecular complexity index is 3180. The molecule has 1 aliphatic carbocycles. The molecule has 6 heterocycles. The number of nitrogens with zero attached hydrogens (tertiary/aromatic N) is 9. The van der Waals surface area contributed by atoms with Crippen LogP contribution >= 0.6 is 22.7 Å². The second-order valence-electron chi connectivity index (χ2n) is 21.0. The summed E-state index contributed by atoms with van der Waals surface area (Å²) < 4.78 is 50.6. The number of anilines is 4. The zero-order valence-electron chi connectivity index (χ0n) is 48.6. The number of benzene rings is 2. The molecule has 0 spiro atoms. The van der Waals surface area contributed by atoms with E-state index in [1.165, 1.54) is 62.2 Å². The lowest BCUT2D eigenvalue weighted by molar-refractivity contribution is 0.0239. The second kappa shape index (κ2) is 27.5. The lowest BCUT2D eigenvalue weighted by Crippen LogP contribution is -2.50. The molecule has 25 nitrogen and oxygen atoms in total. The fourth-order valence-electron chi connectivity index (χ4n) is 8.97. The van der Waals surface area contributed by atoms with Gasteiger partial charge in [-0.15, -0.1) is 0 Å². The van der Waals surface area contributed by atoms with Gasteiger partial charge in [-0.25, -0.2) is 4.79 Å². The van der Waals surface area contributed by atoms with Gasteiger partial charge in [-0.05, 0) is 87.3 Å². The van der Waals surface area contributed by atoms with Crippen molar-refractivity contribution in [2.75, 3.05) is 128 Å². The largest absolute Gasteiger partial charge is 0.492 e. The molecule has 6 aromatic rings. The van der Waals surface area contributed by atoms with Gasteiger partial charge in [0.1, 0.15) is 40.8 Å². The number of carbonyl (C=O) groups excluding carboxylic acids is 3. The zero-order valence-corrected chi connectivity index (χ0v) is 50.3. The van der Waals surface area contributed by atoms with Gasteiger partial charge in [0.15, 0.2) is 11.4 Å². The van der Waals surface area contributed by atoms with E-state index in [0.717, 1.165) is 62.6 Å². The highest BCUT2D eigenvalue weighted by molar-refractivity contribution is 7.12. The number of amides is 3. The normalized spacial score (nSPS) is 14.8. The highest BCUT2D eigenvalue weighted by Crippen LogP contribution is 2.43. The van der Waals surface area contributed by atoms with Crippen molar-refractivity contribution < 1.29 is 62.1 Å². The Hall–Kier alpha value is -7.85. The van der Waals surface area contributed by atoms with Crippen molar-refractivity contribution in [2.24, 2.45) is 0 Å². The molecule has 0 saturated carbocycles. The molecular weight excluding hydrogens is 1110 g/mol. The minimum atomic E-state index is -0.566. The molecule has 83 heavy (non-hydrogen) atoms. The molecule has 2 fully saturated rings. The van der Waals surface area contributed by atoms with Crippen LogP contribution in [0.2, 0.25) is 0 Å². The number of methoxy groups -OCH3 is 4. The third kappa shape index (κ3) is 15.8. The van der Waals surface area contributed by atoms with Crippen LogP contribution in [0.25, 0.3) is 0 Å². The van der Waals surface area contributed by atoms with E-state index in [9.17, 15) is 14.4 Å². The molecule has 0 atom stereocenters. The molecule has 3 aliphatic rings. The van der Waals surface area contributed by atoms with Gasteiger partial charge >= 0.3 is 6.09 Å². The Morgan fingerprint density at radius 3 is 1.82 bits per heavy atom. The maximum atomic E-state index is 13.3. The number of thiazole rings is 2. The molecule has 0 unspecified atom stereocenters. The topological polar surface area (TPSA) is 278 Å². The first-order chi connectivity index (χ1) is 39.8. The molecule has 2 aromatic carbocycles. The number of aryl methyl sites for hydroxylation is 3. The minimum absolute atomic E-state index is 0.0865. The van der Waals surface area contributed by atoms with Crippen LogP contribution in [0.4, 0.5) is 28.1 Å². The summed E-state index contributed by atoms with van der Waals surface area (Å²) in [4.78, 5) is 70.8. The van der Waals surface area contributed by atoms with E-state index in [2.05, 4.69) is 76.7 Å². The predicted octanol–water partition coefficient (Wildman–Crippen LogP) is 8.00. The average molecular weight is 1190 g/mol. The molecule has 4 N–H and O–H groups in total. The Balaban J connectivity index is 0.000000219. The number of hydrogen-bond acceptors (Lipinski definition) is 24. The number of carbonyl (C=O) groups is 3. The second-order valence-corrected chi connectivity index (χ2v) is 22.6. The Labute approximate surface area is 489 Å². The fraction of sp³-hybridized carbons (Fsp3) is 0.482. The first-order valence-electron chi connectivity index (χ1n) is 26.9. The summed E-state index contributed by atoms with van der Waals surface area (Å²) in [5.74, 6) is 2.00.